The maximum Gasteiger partial charge on any atom is 1.00 e. The average Bonchev–Trinajstić information content (AvgIpc) is 2.90. The molecule has 0 aromatic rings. The van der Waals surface area contributed by atoms with Crippen LogP contribution in [0.1, 0.15) is 92.9 Å². The Labute approximate surface area is 321 Å². The number of hydrogen-bond acceptors (Lipinski definition) is 10. The van der Waals surface area contributed by atoms with E-state index in [0.717, 1.165) is 12.8 Å². The molecule has 252 valence electrons. The molecule has 0 aliphatic heterocycles. The number of rotatable bonds is 6. The van der Waals surface area contributed by atoms with Gasteiger partial charge in [0.1, 0.15) is 11.6 Å². The minimum absolute atomic E-state index is 0. The smallest absolute Gasteiger partial charge is 0.748 e. The second kappa shape index (κ2) is 15.8. The molecule has 10 nitrogen and oxygen atoms in total. The second-order valence-corrected chi connectivity index (χ2v) is 18.6. The summed E-state index contributed by atoms with van der Waals surface area (Å²) in [6.45, 7) is 11.4. The molecule has 5 fully saturated rings. The quantitative estimate of drug-likeness (QED) is 0.216. The molecule has 0 spiro atoms. The minimum atomic E-state index is -4.52. The Hall–Kier alpha value is 1.08. The van der Waals surface area contributed by atoms with Crippen LogP contribution in [0.25, 0.3) is 0 Å². The number of carbonyl (C=O) groups is 2. The van der Waals surface area contributed by atoms with E-state index in [1.807, 2.05) is 27.7 Å². The fourth-order valence-electron chi connectivity index (χ4n) is 11.1. The average molecular weight is 703 g/mol. The maximum atomic E-state index is 14.3. The number of fused-ring (bicyclic) bond motifs is 2. The van der Waals surface area contributed by atoms with E-state index >= 15 is 0 Å². The number of carbonyl (C=O) groups excluding carboxylic acids is 2. The molecular weight excluding hydrogens is 650 g/mol. The molecular formula is C32H52N2Na2O8S2. The van der Waals surface area contributed by atoms with Gasteiger partial charge in [-0.3, -0.25) is 9.59 Å². The molecule has 0 aromatic heterocycles. The fraction of sp³-hybridized carbons (Fsp3) is 0.938. The van der Waals surface area contributed by atoms with Gasteiger partial charge >= 0.3 is 59.1 Å². The van der Waals surface area contributed by atoms with Crippen molar-refractivity contribution in [2.75, 3.05) is 0 Å². The zero-order valence-electron chi connectivity index (χ0n) is 29.0. The topological polar surface area (TPSA) is 173 Å². The molecule has 0 heterocycles. The predicted octanol–water partition coefficient (Wildman–Crippen LogP) is -2.92. The molecule has 16 atom stereocenters. The fourth-order valence-corrected chi connectivity index (χ4v) is 13.8. The van der Waals surface area contributed by atoms with Crippen LogP contribution in [0.5, 0.6) is 0 Å². The number of hydrogen-bond donors (Lipinski definition) is 2. The first-order valence-electron chi connectivity index (χ1n) is 16.9. The first-order valence-corrected chi connectivity index (χ1v) is 19.9. The Morgan fingerprint density at radius 2 is 0.891 bits per heavy atom. The van der Waals surface area contributed by atoms with E-state index in [0.29, 0.717) is 38.5 Å². The van der Waals surface area contributed by atoms with Gasteiger partial charge in [0.2, 0.25) is 0 Å². The molecule has 0 bridgehead atoms. The van der Waals surface area contributed by atoms with E-state index in [2.05, 4.69) is 24.5 Å². The number of nitrogens with one attached hydrogen (secondary N) is 2. The maximum absolute atomic E-state index is 14.3. The van der Waals surface area contributed by atoms with Gasteiger partial charge < -0.3 is 19.7 Å². The summed E-state index contributed by atoms with van der Waals surface area (Å²) < 4.78 is 73.6. The van der Waals surface area contributed by atoms with E-state index in [1.165, 1.54) is 0 Å². The molecule has 0 aromatic carbocycles. The van der Waals surface area contributed by atoms with Crippen LogP contribution >= 0.6 is 0 Å². The van der Waals surface area contributed by atoms with Crippen LogP contribution in [0, 0.1) is 59.2 Å². The third-order valence-electron chi connectivity index (χ3n) is 12.7. The van der Waals surface area contributed by atoms with Gasteiger partial charge in [0, 0.05) is 47.8 Å². The zero-order chi connectivity index (χ0) is 32.5. The Morgan fingerprint density at radius 1 is 0.565 bits per heavy atom. The molecule has 2 N–H and O–H groups in total. The van der Waals surface area contributed by atoms with Crippen molar-refractivity contribution in [3.8, 4) is 0 Å². The summed E-state index contributed by atoms with van der Waals surface area (Å²) in [7, 11) is -9.04. The van der Waals surface area contributed by atoms with Gasteiger partial charge in [-0.15, -0.1) is 0 Å². The van der Waals surface area contributed by atoms with Crippen molar-refractivity contribution in [2.24, 2.45) is 59.2 Å². The van der Waals surface area contributed by atoms with Crippen molar-refractivity contribution in [1.82, 2.24) is 10.6 Å². The monoisotopic (exact) mass is 702 g/mol. The van der Waals surface area contributed by atoms with E-state index in [-0.39, 0.29) is 130 Å². The Balaban J connectivity index is 0.00000288. The van der Waals surface area contributed by atoms with Gasteiger partial charge in [0.25, 0.3) is 0 Å². The van der Waals surface area contributed by atoms with E-state index in [1.54, 1.807) is 0 Å². The summed E-state index contributed by atoms with van der Waals surface area (Å²) >= 11 is 0. The van der Waals surface area contributed by atoms with Crippen LogP contribution < -0.4 is 69.7 Å². The summed E-state index contributed by atoms with van der Waals surface area (Å²) in [4.78, 5) is 28.7. The van der Waals surface area contributed by atoms with Crippen LogP contribution in [0.15, 0.2) is 0 Å². The molecule has 5 aliphatic rings. The van der Waals surface area contributed by atoms with Crippen LogP contribution in [0.4, 0.5) is 0 Å². The molecule has 5 saturated carbocycles. The Morgan fingerprint density at radius 3 is 1.20 bits per heavy atom. The van der Waals surface area contributed by atoms with Gasteiger partial charge in [0.15, 0.2) is 0 Å². The third-order valence-corrected chi connectivity index (χ3v) is 15.8. The van der Waals surface area contributed by atoms with Gasteiger partial charge in [-0.2, -0.15) is 0 Å². The Bertz CT molecular complexity index is 1230. The molecule has 46 heavy (non-hydrogen) atoms. The Kier molecular flexibility index (Phi) is 14.2. The molecule has 0 amide bonds. The SMILES string of the molecule is CC1CC(C)C(S(=O)(=O)[O-])C(C)C1NC1CCC(NC2C(C)CC(C)C(S(=O)(=O)[O-])C2C)C2C(=O)C3CCCCC3C(=O)C12.[Na+].[Na+]. The van der Waals surface area contributed by atoms with E-state index in [9.17, 15) is 35.5 Å². The van der Waals surface area contributed by atoms with Gasteiger partial charge in [-0.25, -0.2) is 16.8 Å². The standard InChI is InChI=1S/C32H54N2O8S2.2Na/c1-15-13-17(3)31(43(37,38)39)19(5)27(15)33-23-11-12-24(26-25(23)29(35)21-9-7-8-10-22(21)30(26)36)34-28-16(2)14-18(4)32(20(28)6)44(40,41)42;;/h15-28,31-34H,7-14H2,1-6H3,(H,37,38,39)(H,40,41,42);;/q;2*+1/p-2. The van der Waals surface area contributed by atoms with E-state index in [4.69, 9.17) is 0 Å². The van der Waals surface area contributed by atoms with Crippen molar-refractivity contribution in [1.29, 1.82) is 0 Å². The van der Waals surface area contributed by atoms with Crippen LogP contribution in [-0.2, 0) is 29.8 Å². The molecule has 0 saturated heterocycles. The van der Waals surface area contributed by atoms with E-state index < -0.39 is 54.4 Å². The molecule has 14 heteroatoms. The largest absolute Gasteiger partial charge is 1.00 e. The van der Waals surface area contributed by atoms with Gasteiger partial charge in [-0.1, -0.05) is 54.4 Å². The third kappa shape index (κ3) is 7.93. The van der Waals surface area contributed by atoms with Crippen molar-refractivity contribution >= 4 is 31.8 Å². The van der Waals surface area contributed by atoms with Crippen molar-refractivity contribution in [3.63, 3.8) is 0 Å². The summed E-state index contributed by atoms with van der Waals surface area (Å²) in [5, 5.41) is 5.32. The summed E-state index contributed by atoms with van der Waals surface area (Å²) in [5.74, 6) is -2.81. The second-order valence-electron chi connectivity index (χ2n) is 15.5. The normalized spacial score (nSPS) is 46.7. The predicted molar refractivity (Wildman–Crippen MR) is 164 cm³/mol. The summed E-state index contributed by atoms with van der Waals surface area (Å²) in [6, 6.07) is -1.23. The van der Waals surface area contributed by atoms with Crippen LogP contribution in [-0.4, -0.2) is 72.2 Å². The van der Waals surface area contributed by atoms with Crippen molar-refractivity contribution < 1.29 is 94.6 Å². The first kappa shape index (κ1) is 41.5. The summed E-state index contributed by atoms with van der Waals surface area (Å²) in [6.07, 6.45) is 5.56. The molecule has 5 rings (SSSR count). The molecule has 0 radical (unpaired) electrons. The van der Waals surface area contributed by atoms with Crippen molar-refractivity contribution in [2.45, 2.75) is 128 Å². The van der Waals surface area contributed by atoms with Gasteiger partial charge in [-0.05, 0) is 74.0 Å². The van der Waals surface area contributed by atoms with Gasteiger partial charge in [0.05, 0.1) is 30.7 Å². The molecule has 16 unspecified atom stereocenters. The molecule has 5 aliphatic carbocycles. The number of Topliss-reactive ketones (excluding diaryl/α,β-unsaturated/α-hetero) is 2. The number of ketones is 2. The van der Waals surface area contributed by atoms with Crippen LogP contribution in [0.2, 0.25) is 0 Å². The first-order chi connectivity index (χ1) is 20.4. The van der Waals surface area contributed by atoms with Crippen molar-refractivity contribution in [3.05, 3.63) is 0 Å². The minimum Gasteiger partial charge on any atom is -0.748 e. The summed E-state index contributed by atoms with van der Waals surface area (Å²) in [5.41, 5.74) is 0. The zero-order valence-corrected chi connectivity index (χ0v) is 34.6. The van der Waals surface area contributed by atoms with Crippen LogP contribution in [0.3, 0.4) is 0 Å².